The van der Waals surface area contributed by atoms with Gasteiger partial charge in [-0.05, 0) is 104 Å². The Kier molecular flexibility index (Phi) is 24.8. The number of ether oxygens (including phenoxy) is 14. The number of aliphatic hydroxyl groups is 20. The van der Waals surface area contributed by atoms with Crippen LogP contribution in [0.4, 0.5) is 0 Å². The molecule has 21 N–H and O–H groups in total. The van der Waals surface area contributed by atoms with Gasteiger partial charge in [0.05, 0.1) is 64.0 Å². The standard InChI is InChI=1S/C73H115NO38/c1-26-53(107-62-48(91)40(83)29(79)22-99-62)46(89)47(90)58(102-26)73(59-55(111-73)44(87)39(31(19-75)103-59)74(8)38(82)24-101-61-50(93)43(86)33(21-77)104-61)112-66(98)72-16-15-67(2,3)17-28(72)27-9-10-35-68(4)13-12-37(69(5,25-78)34(68)11-14-70(35,6)71(27,7)18-36(72)81)106-65-57(110-64-51(94)45(88)42(85)32(20-76)105-64)54(52(95)56(109-65)60(96)97)108-63-49(92)41(84)30(80)23-100-63/h9,26,28-37,39-59,61-65,75-81,83-95H,10-25H2,1-8H3,(H,96,97)/t26?,28?,29-,30-,31?,32?,33+,34-,35?,36?,37+,39+,40?,41+,42+,43?,44?,45+,46?,47?,48?,49?,50?,51?,52+,53+,54+,55?,56?,57?,58-,59-,61-,62+,63+,64+,65-,68?,69-,70+,71-,72-,73?/m1/s1. The topological polar surface area (TPSA) is 609 Å². The fourth-order valence-electron chi connectivity index (χ4n) is 21.8. The second-order valence-corrected chi connectivity index (χ2v) is 35.3. The molecule has 0 aromatic heterocycles. The van der Waals surface area contributed by atoms with Gasteiger partial charge in [-0.2, -0.15) is 0 Å². The molecule has 5 aliphatic carbocycles. The fraction of sp³-hybridized carbons (Fsp3) is 0.932. The lowest BCUT2D eigenvalue weighted by atomic mass is 9.33. The van der Waals surface area contributed by atoms with Gasteiger partial charge in [0.2, 0.25) is 5.91 Å². The Bertz CT molecular complexity index is 3360. The predicted molar refractivity (Wildman–Crippen MR) is 365 cm³/mol. The molecule has 20 unspecified atom stereocenters. The molecule has 39 heteroatoms. The van der Waals surface area contributed by atoms with E-state index in [1.165, 1.54) is 14.0 Å². The number of fused-ring (bicyclic) bond motifs is 8. The minimum absolute atomic E-state index is 0.00972. The third kappa shape index (κ3) is 14.0. The number of allylic oxidation sites excluding steroid dienone is 2. The summed E-state index contributed by atoms with van der Waals surface area (Å²) in [6.07, 6.45) is -54.1. The average Bonchev–Trinajstić information content (AvgIpc) is 0.723. The van der Waals surface area contributed by atoms with E-state index in [1.54, 1.807) is 6.92 Å². The SMILES string of the molecule is CC1O[C@@H](C2(OC(=O)[C@]34CCC(C)(C)CC3C3=CCC5C6(C)CC[C@H](O[C@@H]7OC(C(=O)O)[C@@H](O)[C@H](O[C@@H]8OC[C@@H](O)[C@H](O)C8O)C7O[C@@H]7OC(CO)[C@H](O)[C@H](O)C7O)[C@](C)(CO)[C@@H]6CC[C@]5(C)[C@]3(C)CC4O)OC3C(O)[C@@H](N(C)C(=O)CO[C@@H]4O[C@@H](CO)C(O)C4O)C(CO)O[C@H]32)C(O)C(O)[C@H]1O[C@@H]1OC[C@@H](O)C(O)C1O. The number of aliphatic carboxylic acids is 1. The van der Waals surface area contributed by atoms with Crippen molar-refractivity contribution in [2.45, 2.75) is 320 Å². The second kappa shape index (κ2) is 32.1. The maximum atomic E-state index is 16.5. The minimum Gasteiger partial charge on any atom is -0.479 e. The number of hydrogen-bond donors (Lipinski definition) is 21. The van der Waals surface area contributed by atoms with E-state index in [4.69, 9.17) is 66.3 Å². The number of carbonyl (C=O) groups excluding carboxylic acids is 2. The highest BCUT2D eigenvalue weighted by atomic mass is 16.8. The highest BCUT2D eigenvalue weighted by Gasteiger charge is 2.78. The van der Waals surface area contributed by atoms with Gasteiger partial charge in [-0.3, -0.25) is 9.59 Å². The van der Waals surface area contributed by atoms with Crippen LogP contribution in [0, 0.1) is 50.2 Å². The highest BCUT2D eigenvalue weighted by Crippen LogP contribution is 2.76. The van der Waals surface area contributed by atoms with E-state index >= 15 is 4.79 Å². The smallest absolute Gasteiger partial charge is 0.335 e. The Morgan fingerprint density at radius 1 is 0.545 bits per heavy atom. The first-order chi connectivity index (χ1) is 52.6. The lowest BCUT2D eigenvalue weighted by molar-refractivity contribution is -0.474. The van der Waals surface area contributed by atoms with Gasteiger partial charge in [0.1, 0.15) is 146 Å². The van der Waals surface area contributed by atoms with Gasteiger partial charge in [0, 0.05) is 12.5 Å². The second-order valence-electron chi connectivity index (χ2n) is 35.3. The van der Waals surface area contributed by atoms with Gasteiger partial charge in [-0.15, -0.1) is 0 Å². The van der Waals surface area contributed by atoms with Gasteiger partial charge in [-0.1, -0.05) is 53.2 Å². The van der Waals surface area contributed by atoms with Crippen LogP contribution in [0.1, 0.15) is 106 Å². The molecule has 12 fully saturated rings. The van der Waals surface area contributed by atoms with E-state index < -0.39 is 323 Å². The van der Waals surface area contributed by atoms with Crippen LogP contribution < -0.4 is 0 Å². The lowest BCUT2D eigenvalue weighted by Gasteiger charge is -2.72. The zero-order chi connectivity index (χ0) is 81.7. The zero-order valence-corrected chi connectivity index (χ0v) is 63.5. The van der Waals surface area contributed by atoms with Crippen molar-refractivity contribution in [1.82, 2.24) is 4.90 Å². The first-order valence-corrected chi connectivity index (χ1v) is 38.8. The fourth-order valence-corrected chi connectivity index (χ4v) is 21.8. The number of nitrogens with zero attached hydrogens (tertiary/aromatic N) is 1. The molecule has 43 atom stereocenters. The van der Waals surface area contributed by atoms with Crippen molar-refractivity contribution < 1.29 is 188 Å². The largest absolute Gasteiger partial charge is 0.479 e. The third-order valence-corrected chi connectivity index (χ3v) is 28.6. The van der Waals surface area contributed by atoms with Crippen molar-refractivity contribution in [3.63, 3.8) is 0 Å². The van der Waals surface area contributed by atoms with Crippen LogP contribution in [0.2, 0.25) is 0 Å². The van der Waals surface area contributed by atoms with Crippen LogP contribution >= 0.6 is 0 Å². The summed E-state index contributed by atoms with van der Waals surface area (Å²) in [5.41, 5.74) is -5.10. The molecule has 0 spiro atoms. The summed E-state index contributed by atoms with van der Waals surface area (Å²) in [7, 11) is 1.24. The first kappa shape index (κ1) is 86.7. The van der Waals surface area contributed by atoms with Gasteiger partial charge in [0.25, 0.3) is 5.79 Å². The van der Waals surface area contributed by atoms with E-state index in [0.29, 0.717) is 38.5 Å². The molecule has 1 amide bonds. The number of rotatable bonds is 20. The zero-order valence-electron chi connectivity index (χ0n) is 63.5. The highest BCUT2D eigenvalue weighted by molar-refractivity contribution is 5.81. The van der Waals surface area contributed by atoms with E-state index in [9.17, 15) is 117 Å². The molecule has 640 valence electrons. The van der Waals surface area contributed by atoms with Crippen molar-refractivity contribution >= 4 is 17.8 Å². The first-order valence-electron chi connectivity index (χ1n) is 38.8. The molecule has 39 nitrogen and oxygen atoms in total. The van der Waals surface area contributed by atoms with Crippen LogP contribution in [-0.4, -0.2) is 397 Å². The molecule has 0 bridgehead atoms. The minimum atomic E-state index is -2.70. The number of likely N-dealkylation sites (N-methyl/N-ethyl adjacent to an activating group) is 1. The molecule has 0 aromatic carbocycles. The summed E-state index contributed by atoms with van der Waals surface area (Å²) in [4.78, 5) is 44.5. The summed E-state index contributed by atoms with van der Waals surface area (Å²) < 4.78 is 85.4. The van der Waals surface area contributed by atoms with Crippen molar-refractivity contribution in [3.05, 3.63) is 11.6 Å². The molecule has 8 saturated heterocycles. The summed E-state index contributed by atoms with van der Waals surface area (Å²) in [6.45, 7) is 8.63. The number of aliphatic hydroxyl groups excluding tert-OH is 20. The maximum absolute atomic E-state index is 16.5. The van der Waals surface area contributed by atoms with Crippen molar-refractivity contribution in [2.24, 2.45) is 50.2 Å². The van der Waals surface area contributed by atoms with Crippen LogP contribution in [0.25, 0.3) is 0 Å². The van der Waals surface area contributed by atoms with Crippen molar-refractivity contribution in [1.29, 1.82) is 0 Å². The van der Waals surface area contributed by atoms with Crippen molar-refractivity contribution in [3.8, 4) is 0 Å². The molecule has 0 radical (unpaired) electrons. The average molecular weight is 1610 g/mol. The summed E-state index contributed by atoms with van der Waals surface area (Å²) in [5, 5.41) is 233. The number of hydrogen-bond acceptors (Lipinski definition) is 37. The molecule has 8 aliphatic heterocycles. The molecule has 4 saturated carbocycles. The Morgan fingerprint density at radius 3 is 1.73 bits per heavy atom. The Morgan fingerprint density at radius 2 is 1.12 bits per heavy atom. The number of carboxylic acid groups (broad SMARTS) is 1. The Hall–Kier alpha value is -3.17. The maximum Gasteiger partial charge on any atom is 0.335 e. The Labute approximate surface area is 644 Å². The lowest BCUT2D eigenvalue weighted by Crippen LogP contribution is -2.84. The number of esters is 1. The van der Waals surface area contributed by atoms with Crippen LogP contribution in [0.5, 0.6) is 0 Å². The Balaban J connectivity index is 0.800. The molecule has 8 heterocycles. The summed E-state index contributed by atoms with van der Waals surface area (Å²) in [5.74, 6) is -7.86. The number of carbonyl (C=O) groups is 3. The van der Waals surface area contributed by atoms with Gasteiger partial charge < -0.3 is 178 Å². The molecule has 0 aromatic rings. The third-order valence-electron chi connectivity index (χ3n) is 28.6. The van der Waals surface area contributed by atoms with E-state index in [1.807, 2.05) is 13.8 Å². The normalized spacial score (nSPS) is 54.0. The van der Waals surface area contributed by atoms with E-state index in [-0.39, 0.29) is 25.2 Å². The van der Waals surface area contributed by atoms with E-state index in [0.717, 1.165) is 10.5 Å². The monoisotopic (exact) mass is 1610 g/mol. The molecule has 13 aliphatic rings. The summed E-state index contributed by atoms with van der Waals surface area (Å²) >= 11 is 0. The molecule has 13 rings (SSSR count). The van der Waals surface area contributed by atoms with Crippen molar-refractivity contribution in [2.75, 3.05) is 53.3 Å². The predicted octanol–water partition coefficient (Wildman–Crippen LogP) is -8.33. The van der Waals surface area contributed by atoms with Gasteiger partial charge in [0.15, 0.2) is 49.8 Å². The van der Waals surface area contributed by atoms with Gasteiger partial charge >= 0.3 is 11.9 Å². The number of amides is 1. The molecular weight excluding hydrogens is 1500 g/mol. The number of carboxylic acids is 1. The van der Waals surface area contributed by atoms with Crippen LogP contribution in [0.15, 0.2) is 11.6 Å². The van der Waals surface area contributed by atoms with Gasteiger partial charge in [-0.25, -0.2) is 4.79 Å². The molecule has 112 heavy (non-hydrogen) atoms. The summed E-state index contributed by atoms with van der Waals surface area (Å²) in [6, 6.07) is -1.48. The van der Waals surface area contributed by atoms with E-state index in [2.05, 4.69) is 26.8 Å². The van der Waals surface area contributed by atoms with Crippen LogP contribution in [-0.2, 0) is 80.7 Å². The quantitative estimate of drug-likeness (QED) is 0.0306. The molecular formula is C73H115NO38. The van der Waals surface area contributed by atoms with Crippen LogP contribution in [0.3, 0.4) is 0 Å².